The van der Waals surface area contributed by atoms with E-state index in [-0.39, 0.29) is 29.6 Å². The first kappa shape index (κ1) is 15.1. The minimum absolute atomic E-state index is 0. The standard InChI is InChI=1S/C2H2F4O4S.Na.H/c3-1(4,7)2(5,6)11(8,9)10;;/h7H,(H,8,9,10);;. The van der Waals surface area contributed by atoms with Gasteiger partial charge in [0, 0.05) is 0 Å². The van der Waals surface area contributed by atoms with Gasteiger partial charge in [-0.1, -0.05) is 0 Å². The summed E-state index contributed by atoms with van der Waals surface area (Å²) in [7, 11) is -6.29. The number of hydrogen-bond donors (Lipinski definition) is 2. The zero-order valence-corrected chi connectivity index (χ0v) is 5.45. The molecule has 0 unspecified atom stereocenters. The average Bonchev–Trinajstić information content (AvgIpc) is 1.58. The van der Waals surface area contributed by atoms with Crippen LogP contribution in [0.15, 0.2) is 0 Å². The van der Waals surface area contributed by atoms with E-state index in [2.05, 4.69) is 0 Å². The van der Waals surface area contributed by atoms with Crippen molar-refractivity contribution in [2.45, 2.75) is 11.4 Å². The van der Waals surface area contributed by atoms with Gasteiger partial charge in [0.1, 0.15) is 0 Å². The van der Waals surface area contributed by atoms with E-state index in [4.69, 9.17) is 9.66 Å². The number of aliphatic hydroxyl groups is 1. The monoisotopic (exact) mass is 222 g/mol. The normalized spacial score (nSPS) is 13.8. The average molecular weight is 222 g/mol. The molecule has 12 heavy (non-hydrogen) atoms. The quantitative estimate of drug-likeness (QED) is 0.372. The van der Waals surface area contributed by atoms with Crippen LogP contribution < -0.4 is 0 Å². The first-order chi connectivity index (χ1) is 4.50. The van der Waals surface area contributed by atoms with Gasteiger partial charge >= 0.3 is 51.0 Å². The van der Waals surface area contributed by atoms with Crippen LogP contribution in [0.4, 0.5) is 17.6 Å². The maximum atomic E-state index is 11.6. The molecule has 70 valence electrons. The second-order valence-corrected chi connectivity index (χ2v) is 3.00. The molecule has 0 atom stereocenters. The fraction of sp³-hybridized carbons (Fsp3) is 1.00. The van der Waals surface area contributed by atoms with Crippen LogP contribution in [0, 0.1) is 0 Å². The molecular weight excluding hydrogens is 219 g/mol. The van der Waals surface area contributed by atoms with E-state index in [1.165, 1.54) is 0 Å². The molecule has 0 heterocycles. The summed E-state index contributed by atoms with van der Waals surface area (Å²) >= 11 is 0. The molecule has 0 aromatic rings. The van der Waals surface area contributed by atoms with Gasteiger partial charge in [-0.25, -0.2) is 0 Å². The molecule has 0 aliphatic heterocycles. The zero-order valence-electron chi connectivity index (χ0n) is 4.63. The van der Waals surface area contributed by atoms with E-state index >= 15 is 0 Å². The van der Waals surface area contributed by atoms with E-state index in [1.54, 1.807) is 0 Å². The van der Waals surface area contributed by atoms with Gasteiger partial charge in [0.2, 0.25) is 0 Å². The fourth-order valence-corrected chi connectivity index (χ4v) is 0.466. The third kappa shape index (κ3) is 2.82. The first-order valence-corrected chi connectivity index (χ1v) is 3.39. The van der Waals surface area contributed by atoms with Crippen LogP contribution in [0.2, 0.25) is 0 Å². The van der Waals surface area contributed by atoms with Crippen LogP contribution in [0.1, 0.15) is 0 Å². The summed E-state index contributed by atoms with van der Waals surface area (Å²) in [5.41, 5.74) is 0. The molecule has 0 saturated carbocycles. The maximum absolute atomic E-state index is 11.6. The molecule has 0 aliphatic rings. The van der Waals surface area contributed by atoms with Gasteiger partial charge in [-0.2, -0.15) is 26.0 Å². The van der Waals surface area contributed by atoms with Gasteiger partial charge in [-0.3, -0.25) is 4.55 Å². The minimum atomic E-state index is -6.29. The molecule has 4 nitrogen and oxygen atoms in total. The first-order valence-electron chi connectivity index (χ1n) is 1.95. The molecule has 0 aromatic carbocycles. The van der Waals surface area contributed by atoms with Crippen molar-refractivity contribution >= 4 is 39.7 Å². The predicted octanol–water partition coefficient (Wildman–Crippen LogP) is -0.596. The Kier molecular flexibility index (Phi) is 4.73. The third-order valence-corrected chi connectivity index (χ3v) is 1.57. The third-order valence-electron chi connectivity index (χ3n) is 0.674. The Balaban J connectivity index is 0. The summed E-state index contributed by atoms with van der Waals surface area (Å²) in [5, 5.41) is 1.38. The molecule has 0 saturated heterocycles. The Morgan fingerprint density at radius 3 is 1.33 bits per heavy atom. The van der Waals surface area contributed by atoms with Crippen LogP contribution in [0.5, 0.6) is 0 Å². The molecule has 2 N–H and O–H groups in total. The van der Waals surface area contributed by atoms with E-state index in [0.29, 0.717) is 0 Å². The molecule has 0 aromatic heterocycles. The summed E-state index contributed by atoms with van der Waals surface area (Å²) < 4.78 is 72.1. The summed E-state index contributed by atoms with van der Waals surface area (Å²) in [6.07, 6.45) is -5.79. The molecule has 10 heteroatoms. The van der Waals surface area contributed by atoms with Crippen LogP contribution in [0.3, 0.4) is 0 Å². The summed E-state index contributed by atoms with van der Waals surface area (Å²) in [5.74, 6) is 0. The van der Waals surface area contributed by atoms with Gasteiger partial charge in [-0.05, 0) is 0 Å². The predicted molar refractivity (Wildman–Crippen MR) is 30.8 cm³/mol. The van der Waals surface area contributed by atoms with Gasteiger partial charge in [0.05, 0.1) is 0 Å². The number of rotatable bonds is 2. The SMILES string of the molecule is O=S(=O)(O)C(F)(F)C(O)(F)F.[NaH]. The fourth-order valence-electron chi connectivity index (χ4n) is 0.155. The molecule has 0 rings (SSSR count). The van der Waals surface area contributed by atoms with Crippen molar-refractivity contribution in [2.75, 3.05) is 0 Å². The number of alkyl halides is 4. The summed E-state index contributed by atoms with van der Waals surface area (Å²) in [6.45, 7) is 0. The van der Waals surface area contributed by atoms with E-state index < -0.39 is 21.5 Å². The van der Waals surface area contributed by atoms with Crippen LogP contribution in [-0.2, 0) is 10.1 Å². The van der Waals surface area contributed by atoms with Crippen molar-refractivity contribution in [1.29, 1.82) is 0 Å². The second kappa shape index (κ2) is 3.76. The van der Waals surface area contributed by atoms with Crippen molar-refractivity contribution in [3.05, 3.63) is 0 Å². The Morgan fingerprint density at radius 2 is 1.33 bits per heavy atom. The summed E-state index contributed by atoms with van der Waals surface area (Å²) in [6, 6.07) is 0. The van der Waals surface area contributed by atoms with Crippen LogP contribution in [-0.4, -0.2) is 59.0 Å². The second-order valence-electron chi connectivity index (χ2n) is 1.53. The summed E-state index contributed by atoms with van der Waals surface area (Å²) in [4.78, 5) is 0. The van der Waals surface area contributed by atoms with Crippen molar-refractivity contribution in [1.82, 2.24) is 0 Å². The van der Waals surface area contributed by atoms with E-state index in [0.717, 1.165) is 0 Å². The molecule has 0 amide bonds. The van der Waals surface area contributed by atoms with Crippen molar-refractivity contribution in [3.63, 3.8) is 0 Å². The number of halogens is 4. The van der Waals surface area contributed by atoms with E-state index in [9.17, 15) is 26.0 Å². The Morgan fingerprint density at radius 1 is 1.08 bits per heavy atom. The molecule has 0 fully saturated rings. The van der Waals surface area contributed by atoms with Gasteiger partial charge in [0.25, 0.3) is 0 Å². The van der Waals surface area contributed by atoms with Gasteiger partial charge < -0.3 is 5.11 Å². The molecule has 0 spiro atoms. The molecular formula is C2H3F4NaO4S. The van der Waals surface area contributed by atoms with Crippen molar-refractivity contribution in [3.8, 4) is 0 Å². The Hall–Kier alpha value is 0.590. The Bertz CT molecular complexity index is 242. The van der Waals surface area contributed by atoms with Gasteiger partial charge in [0.15, 0.2) is 0 Å². The molecule has 0 radical (unpaired) electrons. The number of hydrogen-bond acceptors (Lipinski definition) is 3. The topological polar surface area (TPSA) is 74.6 Å². The molecule has 0 aliphatic carbocycles. The van der Waals surface area contributed by atoms with E-state index in [1.807, 2.05) is 0 Å². The van der Waals surface area contributed by atoms with Crippen molar-refractivity contribution < 1.29 is 35.6 Å². The van der Waals surface area contributed by atoms with Gasteiger partial charge in [-0.15, -0.1) is 0 Å². The van der Waals surface area contributed by atoms with Crippen LogP contribution >= 0.6 is 0 Å². The zero-order chi connectivity index (χ0) is 9.50. The Labute approximate surface area is 86.6 Å². The molecule has 0 bridgehead atoms. The van der Waals surface area contributed by atoms with Crippen molar-refractivity contribution in [2.24, 2.45) is 0 Å². The van der Waals surface area contributed by atoms with Crippen LogP contribution in [0.25, 0.3) is 0 Å².